The van der Waals surface area contributed by atoms with Gasteiger partial charge < -0.3 is 9.64 Å². The first kappa shape index (κ1) is 21.0. The second-order valence-electron chi connectivity index (χ2n) is 5.96. The molecular formula is C18H24F3NO3. The SMILES string of the molecule is CCCCCCN(CC(C)C(=O)OC)C(=O)c1ccc(F)c(F)c1F. The molecular weight excluding hydrogens is 335 g/mol. The molecule has 0 saturated heterocycles. The van der Waals surface area contributed by atoms with Gasteiger partial charge in [-0.15, -0.1) is 0 Å². The van der Waals surface area contributed by atoms with E-state index in [0.717, 1.165) is 25.3 Å². The topological polar surface area (TPSA) is 46.6 Å². The number of unbranched alkanes of at least 4 members (excludes halogenated alkanes) is 3. The summed E-state index contributed by atoms with van der Waals surface area (Å²) in [6.07, 6.45) is 3.52. The van der Waals surface area contributed by atoms with E-state index in [-0.39, 0.29) is 6.54 Å². The highest BCUT2D eigenvalue weighted by Crippen LogP contribution is 2.18. The van der Waals surface area contributed by atoms with Crippen LogP contribution in [0.25, 0.3) is 0 Å². The van der Waals surface area contributed by atoms with Crippen LogP contribution >= 0.6 is 0 Å². The molecule has 140 valence electrons. The van der Waals surface area contributed by atoms with Crippen molar-refractivity contribution < 1.29 is 27.5 Å². The fourth-order valence-electron chi connectivity index (χ4n) is 2.47. The van der Waals surface area contributed by atoms with E-state index in [1.807, 2.05) is 6.92 Å². The van der Waals surface area contributed by atoms with Crippen LogP contribution in [0.2, 0.25) is 0 Å². The number of rotatable bonds is 9. The van der Waals surface area contributed by atoms with Gasteiger partial charge in [0.1, 0.15) is 0 Å². The molecule has 0 spiro atoms. The molecule has 0 aliphatic carbocycles. The van der Waals surface area contributed by atoms with Crippen LogP contribution in [0.3, 0.4) is 0 Å². The molecule has 0 bridgehead atoms. The lowest BCUT2D eigenvalue weighted by atomic mass is 10.1. The van der Waals surface area contributed by atoms with Crippen molar-refractivity contribution in [3.05, 3.63) is 35.1 Å². The van der Waals surface area contributed by atoms with Gasteiger partial charge in [-0.3, -0.25) is 9.59 Å². The minimum atomic E-state index is -1.68. The Morgan fingerprint density at radius 1 is 1.12 bits per heavy atom. The van der Waals surface area contributed by atoms with Crippen LogP contribution in [-0.4, -0.2) is 37.0 Å². The molecule has 1 atom stereocenters. The fourth-order valence-corrected chi connectivity index (χ4v) is 2.47. The average molecular weight is 359 g/mol. The smallest absolute Gasteiger partial charge is 0.310 e. The molecule has 0 N–H and O–H groups in total. The Morgan fingerprint density at radius 3 is 2.40 bits per heavy atom. The first-order valence-corrected chi connectivity index (χ1v) is 8.34. The van der Waals surface area contributed by atoms with Crippen molar-refractivity contribution in [1.82, 2.24) is 4.90 Å². The maximum Gasteiger partial charge on any atom is 0.310 e. The first-order chi connectivity index (χ1) is 11.8. The van der Waals surface area contributed by atoms with Crippen LogP contribution in [0.4, 0.5) is 13.2 Å². The Balaban J connectivity index is 2.98. The largest absolute Gasteiger partial charge is 0.469 e. The molecule has 1 unspecified atom stereocenters. The van der Waals surface area contributed by atoms with Crippen molar-refractivity contribution in [2.75, 3.05) is 20.2 Å². The summed E-state index contributed by atoms with van der Waals surface area (Å²) in [4.78, 5) is 25.5. The van der Waals surface area contributed by atoms with Crippen LogP contribution in [0, 0.1) is 23.4 Å². The van der Waals surface area contributed by atoms with Gasteiger partial charge in [0.15, 0.2) is 17.5 Å². The van der Waals surface area contributed by atoms with E-state index in [0.29, 0.717) is 19.0 Å². The second kappa shape index (κ2) is 10.1. The zero-order valence-electron chi connectivity index (χ0n) is 14.8. The number of benzene rings is 1. The van der Waals surface area contributed by atoms with Gasteiger partial charge in [0, 0.05) is 13.1 Å². The quantitative estimate of drug-likeness (QED) is 0.381. The highest BCUT2D eigenvalue weighted by Gasteiger charge is 2.26. The average Bonchev–Trinajstić information content (AvgIpc) is 2.60. The van der Waals surface area contributed by atoms with Gasteiger partial charge in [0.2, 0.25) is 0 Å². The third kappa shape index (κ3) is 5.76. The summed E-state index contributed by atoms with van der Waals surface area (Å²) >= 11 is 0. The number of hydrogen-bond acceptors (Lipinski definition) is 3. The van der Waals surface area contributed by atoms with Crippen molar-refractivity contribution in [1.29, 1.82) is 0 Å². The van der Waals surface area contributed by atoms with Gasteiger partial charge in [0.25, 0.3) is 5.91 Å². The lowest BCUT2D eigenvalue weighted by Gasteiger charge is -2.25. The van der Waals surface area contributed by atoms with Gasteiger partial charge in [0.05, 0.1) is 18.6 Å². The zero-order chi connectivity index (χ0) is 19.0. The molecule has 0 aliphatic rings. The Kier molecular flexibility index (Phi) is 8.45. The van der Waals surface area contributed by atoms with Crippen LogP contribution in [0.5, 0.6) is 0 Å². The molecule has 1 amide bonds. The van der Waals surface area contributed by atoms with Crippen molar-refractivity contribution in [3.8, 4) is 0 Å². The Labute approximate surface area is 146 Å². The Bertz CT molecular complexity index is 607. The van der Waals surface area contributed by atoms with Crippen LogP contribution in [-0.2, 0) is 9.53 Å². The number of hydrogen-bond donors (Lipinski definition) is 0. The summed E-state index contributed by atoms with van der Waals surface area (Å²) in [5.74, 6) is -6.45. The minimum Gasteiger partial charge on any atom is -0.469 e. The molecule has 0 saturated carbocycles. The van der Waals surface area contributed by atoms with E-state index in [4.69, 9.17) is 0 Å². The predicted octanol–water partition coefficient (Wildman–Crippen LogP) is 3.94. The summed E-state index contributed by atoms with van der Waals surface area (Å²) in [5, 5.41) is 0. The van der Waals surface area contributed by atoms with E-state index in [1.54, 1.807) is 6.92 Å². The summed E-state index contributed by atoms with van der Waals surface area (Å²) < 4.78 is 45.1. The molecule has 0 aromatic heterocycles. The molecule has 7 heteroatoms. The number of methoxy groups -OCH3 is 1. The third-order valence-electron chi connectivity index (χ3n) is 3.93. The van der Waals surface area contributed by atoms with E-state index in [1.165, 1.54) is 12.0 Å². The minimum absolute atomic E-state index is 0.00999. The van der Waals surface area contributed by atoms with Crippen molar-refractivity contribution in [2.45, 2.75) is 39.5 Å². The normalized spacial score (nSPS) is 11.9. The maximum absolute atomic E-state index is 13.9. The number of ether oxygens (including phenoxy) is 1. The number of carbonyl (C=O) groups is 2. The molecule has 1 aromatic carbocycles. The second-order valence-corrected chi connectivity index (χ2v) is 5.96. The number of nitrogens with zero attached hydrogens (tertiary/aromatic N) is 1. The number of halogens is 3. The monoisotopic (exact) mass is 359 g/mol. The predicted molar refractivity (Wildman–Crippen MR) is 87.5 cm³/mol. The molecule has 1 aromatic rings. The van der Waals surface area contributed by atoms with E-state index < -0.39 is 40.8 Å². The molecule has 1 rings (SSSR count). The lowest BCUT2D eigenvalue weighted by Crippen LogP contribution is -2.38. The van der Waals surface area contributed by atoms with Gasteiger partial charge in [-0.1, -0.05) is 33.1 Å². The molecule has 0 fully saturated rings. The van der Waals surface area contributed by atoms with Crippen LogP contribution in [0.15, 0.2) is 12.1 Å². The standard InChI is InChI=1S/C18H24F3NO3/c1-4-5-6-7-10-22(11-12(2)18(24)25-3)17(23)13-8-9-14(19)16(21)15(13)20/h8-9,12H,4-7,10-11H2,1-3H3. The summed E-state index contributed by atoms with van der Waals surface area (Å²) in [7, 11) is 1.24. The first-order valence-electron chi connectivity index (χ1n) is 8.34. The summed E-state index contributed by atoms with van der Waals surface area (Å²) in [6.45, 7) is 3.92. The van der Waals surface area contributed by atoms with Crippen LogP contribution < -0.4 is 0 Å². The highest BCUT2D eigenvalue weighted by atomic mass is 19.2. The lowest BCUT2D eigenvalue weighted by molar-refractivity contribution is -0.145. The number of esters is 1. The molecule has 0 aliphatic heterocycles. The highest BCUT2D eigenvalue weighted by molar-refractivity contribution is 5.94. The van der Waals surface area contributed by atoms with Gasteiger partial charge >= 0.3 is 5.97 Å². The fraction of sp³-hybridized carbons (Fsp3) is 0.556. The van der Waals surface area contributed by atoms with Crippen molar-refractivity contribution in [3.63, 3.8) is 0 Å². The summed E-state index contributed by atoms with van der Waals surface area (Å²) in [5.41, 5.74) is -0.550. The molecule has 0 radical (unpaired) electrons. The van der Waals surface area contributed by atoms with E-state index in [2.05, 4.69) is 4.74 Å². The third-order valence-corrected chi connectivity index (χ3v) is 3.93. The van der Waals surface area contributed by atoms with Gasteiger partial charge in [-0.25, -0.2) is 13.2 Å². The Hall–Kier alpha value is -2.05. The van der Waals surface area contributed by atoms with Crippen LogP contribution in [0.1, 0.15) is 49.9 Å². The maximum atomic E-state index is 13.9. The number of amides is 1. The van der Waals surface area contributed by atoms with E-state index >= 15 is 0 Å². The van der Waals surface area contributed by atoms with Crippen molar-refractivity contribution >= 4 is 11.9 Å². The van der Waals surface area contributed by atoms with Crippen molar-refractivity contribution in [2.24, 2.45) is 5.92 Å². The number of carbonyl (C=O) groups excluding carboxylic acids is 2. The molecule has 0 heterocycles. The summed E-state index contributed by atoms with van der Waals surface area (Å²) in [6, 6.07) is 1.63. The molecule has 25 heavy (non-hydrogen) atoms. The van der Waals surface area contributed by atoms with Gasteiger partial charge in [-0.05, 0) is 18.6 Å². The molecule has 4 nitrogen and oxygen atoms in total. The van der Waals surface area contributed by atoms with Gasteiger partial charge in [-0.2, -0.15) is 0 Å². The Morgan fingerprint density at radius 2 is 1.80 bits per heavy atom. The zero-order valence-corrected chi connectivity index (χ0v) is 14.8. The van der Waals surface area contributed by atoms with E-state index in [9.17, 15) is 22.8 Å².